The van der Waals surface area contributed by atoms with Crippen molar-refractivity contribution in [2.24, 2.45) is 5.92 Å². The monoisotopic (exact) mass is 349 g/mol. The van der Waals surface area contributed by atoms with Gasteiger partial charge in [-0.15, -0.1) is 0 Å². The molecule has 1 N–H and O–H groups in total. The fourth-order valence-electron chi connectivity index (χ4n) is 3.07. The summed E-state index contributed by atoms with van der Waals surface area (Å²) in [4.78, 5) is 39.8. The number of methoxy groups -OCH3 is 1. The highest BCUT2D eigenvalue weighted by atomic mass is 32.2. The standard InChI is InChI=1S/C15H11NO5S2/c1-20-14(18)11-9-8(10-12(22-11)16-15(19)23-10)6-4-2-3-5-7(6)21-13(9)17/h2-5,8-9,11H,1H3,(H,16,19)/t8-,9+,11+/m0/s1. The van der Waals surface area contributed by atoms with Gasteiger partial charge in [0.2, 0.25) is 0 Å². The summed E-state index contributed by atoms with van der Waals surface area (Å²) in [5.41, 5.74) is 0.808. The van der Waals surface area contributed by atoms with Crippen molar-refractivity contribution in [3.63, 3.8) is 0 Å². The van der Waals surface area contributed by atoms with Crippen LogP contribution in [0.3, 0.4) is 0 Å². The maximum Gasteiger partial charge on any atom is 0.320 e. The van der Waals surface area contributed by atoms with Crippen molar-refractivity contribution in [2.45, 2.75) is 16.2 Å². The third-order valence-corrected chi connectivity index (χ3v) is 6.42. The van der Waals surface area contributed by atoms with Crippen molar-refractivity contribution in [1.82, 2.24) is 4.98 Å². The number of para-hydroxylation sites is 1. The van der Waals surface area contributed by atoms with Crippen LogP contribution >= 0.6 is 23.1 Å². The maximum atomic E-state index is 12.5. The highest BCUT2D eigenvalue weighted by Gasteiger charge is 2.51. The Morgan fingerprint density at radius 1 is 1.30 bits per heavy atom. The molecule has 0 saturated carbocycles. The number of fused-ring (bicyclic) bond motifs is 5. The summed E-state index contributed by atoms with van der Waals surface area (Å²) in [5, 5.41) is -0.121. The molecule has 0 amide bonds. The predicted octanol–water partition coefficient (Wildman–Crippen LogP) is 1.75. The van der Waals surface area contributed by atoms with Crippen LogP contribution in [0.2, 0.25) is 0 Å². The van der Waals surface area contributed by atoms with E-state index in [9.17, 15) is 14.4 Å². The number of benzene rings is 1. The molecule has 8 heteroatoms. The van der Waals surface area contributed by atoms with Gasteiger partial charge < -0.3 is 14.5 Å². The summed E-state index contributed by atoms with van der Waals surface area (Å²) in [6.45, 7) is 0. The number of nitrogens with one attached hydrogen (secondary N) is 1. The second-order valence-corrected chi connectivity index (χ2v) is 7.40. The molecule has 118 valence electrons. The topological polar surface area (TPSA) is 85.5 Å². The predicted molar refractivity (Wildman–Crippen MR) is 84.0 cm³/mol. The molecule has 23 heavy (non-hydrogen) atoms. The van der Waals surface area contributed by atoms with E-state index in [1.165, 1.54) is 7.11 Å². The Morgan fingerprint density at radius 2 is 2.09 bits per heavy atom. The number of hydrogen-bond acceptors (Lipinski definition) is 7. The van der Waals surface area contributed by atoms with Gasteiger partial charge in [0.25, 0.3) is 0 Å². The summed E-state index contributed by atoms with van der Waals surface area (Å²) in [7, 11) is 1.28. The zero-order valence-corrected chi connectivity index (χ0v) is 13.5. The van der Waals surface area contributed by atoms with Gasteiger partial charge in [-0.05, 0) is 6.07 Å². The lowest BCUT2D eigenvalue weighted by molar-refractivity contribution is -0.149. The van der Waals surface area contributed by atoms with E-state index in [0.717, 1.165) is 33.5 Å². The van der Waals surface area contributed by atoms with Gasteiger partial charge in [-0.3, -0.25) is 14.4 Å². The van der Waals surface area contributed by atoms with Crippen LogP contribution in [0.15, 0.2) is 34.1 Å². The van der Waals surface area contributed by atoms with Crippen molar-refractivity contribution >= 4 is 35.0 Å². The van der Waals surface area contributed by atoms with Crippen LogP contribution in [0.4, 0.5) is 0 Å². The number of rotatable bonds is 1. The molecule has 0 bridgehead atoms. The van der Waals surface area contributed by atoms with E-state index in [1.54, 1.807) is 12.1 Å². The smallest absolute Gasteiger partial charge is 0.320 e. The number of thiazole rings is 1. The van der Waals surface area contributed by atoms with Gasteiger partial charge in [-0.2, -0.15) is 0 Å². The summed E-state index contributed by atoms with van der Waals surface area (Å²) in [6.07, 6.45) is 0. The number of thioether (sulfide) groups is 1. The molecule has 4 rings (SSSR count). The molecule has 1 aromatic heterocycles. The van der Waals surface area contributed by atoms with Gasteiger partial charge in [-0.25, -0.2) is 0 Å². The zero-order chi connectivity index (χ0) is 16.1. The van der Waals surface area contributed by atoms with Crippen LogP contribution in [0.5, 0.6) is 5.75 Å². The van der Waals surface area contributed by atoms with Crippen molar-refractivity contribution in [3.8, 4) is 5.75 Å². The van der Waals surface area contributed by atoms with E-state index in [1.807, 2.05) is 12.1 Å². The number of aromatic nitrogens is 1. The first-order valence-corrected chi connectivity index (χ1v) is 8.58. The lowest BCUT2D eigenvalue weighted by Gasteiger charge is -2.37. The van der Waals surface area contributed by atoms with Crippen molar-refractivity contribution < 1.29 is 19.1 Å². The number of esters is 2. The molecule has 0 saturated heterocycles. The van der Waals surface area contributed by atoms with Crippen LogP contribution in [0.25, 0.3) is 0 Å². The van der Waals surface area contributed by atoms with Gasteiger partial charge in [0.1, 0.15) is 11.0 Å². The number of ether oxygens (including phenoxy) is 2. The van der Waals surface area contributed by atoms with Gasteiger partial charge >= 0.3 is 16.8 Å². The Hall–Kier alpha value is -2.06. The van der Waals surface area contributed by atoms with Gasteiger partial charge in [-0.1, -0.05) is 41.3 Å². The first-order chi connectivity index (χ1) is 11.1. The highest BCUT2D eigenvalue weighted by molar-refractivity contribution is 8.00. The molecule has 3 heterocycles. The number of hydrogen-bond donors (Lipinski definition) is 1. The Morgan fingerprint density at radius 3 is 2.87 bits per heavy atom. The molecule has 3 atom stereocenters. The second kappa shape index (κ2) is 5.24. The Kier molecular flexibility index (Phi) is 3.31. The Balaban J connectivity index is 1.95. The minimum Gasteiger partial charge on any atom is -0.468 e. The minimum absolute atomic E-state index is 0.205. The Bertz CT molecular complexity index is 871. The van der Waals surface area contributed by atoms with Gasteiger partial charge in [0.05, 0.1) is 18.1 Å². The first kappa shape index (κ1) is 14.5. The zero-order valence-electron chi connectivity index (χ0n) is 11.9. The van der Waals surface area contributed by atoms with Crippen LogP contribution in [0, 0.1) is 5.92 Å². The van der Waals surface area contributed by atoms with E-state index < -0.39 is 23.1 Å². The number of aromatic amines is 1. The fraction of sp³-hybridized carbons (Fsp3) is 0.267. The first-order valence-electron chi connectivity index (χ1n) is 6.88. The minimum atomic E-state index is -0.747. The number of carbonyl (C=O) groups excluding carboxylic acids is 2. The van der Waals surface area contributed by atoms with Crippen LogP contribution in [-0.2, 0) is 14.3 Å². The summed E-state index contributed by atoms with van der Waals surface area (Å²) >= 11 is 2.23. The molecule has 1 aromatic carbocycles. The van der Waals surface area contributed by atoms with Crippen molar-refractivity contribution in [3.05, 3.63) is 44.4 Å². The van der Waals surface area contributed by atoms with Crippen molar-refractivity contribution in [1.29, 1.82) is 0 Å². The molecular weight excluding hydrogens is 338 g/mol. The summed E-state index contributed by atoms with van der Waals surface area (Å²) < 4.78 is 10.2. The number of carbonyl (C=O) groups is 2. The number of H-pyrrole nitrogens is 1. The van der Waals surface area contributed by atoms with Crippen LogP contribution in [0.1, 0.15) is 16.4 Å². The molecule has 2 aromatic rings. The molecule has 0 spiro atoms. The van der Waals surface area contributed by atoms with Gasteiger partial charge in [0.15, 0.2) is 0 Å². The summed E-state index contributed by atoms with van der Waals surface area (Å²) in [6, 6.07) is 7.20. The lowest BCUT2D eigenvalue weighted by atomic mass is 9.80. The molecule has 0 fully saturated rings. The molecule has 0 aliphatic carbocycles. The highest BCUT2D eigenvalue weighted by Crippen LogP contribution is 2.53. The molecule has 0 unspecified atom stereocenters. The molecule has 2 aliphatic heterocycles. The van der Waals surface area contributed by atoms with E-state index in [2.05, 4.69) is 4.98 Å². The van der Waals surface area contributed by atoms with E-state index in [4.69, 9.17) is 9.47 Å². The van der Waals surface area contributed by atoms with Crippen molar-refractivity contribution in [2.75, 3.05) is 7.11 Å². The second-order valence-electron chi connectivity index (χ2n) is 5.23. The largest absolute Gasteiger partial charge is 0.468 e. The maximum absolute atomic E-state index is 12.5. The average molecular weight is 349 g/mol. The molecule has 2 aliphatic rings. The molecule has 0 radical (unpaired) electrons. The third kappa shape index (κ3) is 2.13. The fourth-order valence-corrected chi connectivity index (χ4v) is 5.56. The van der Waals surface area contributed by atoms with Gasteiger partial charge in [0, 0.05) is 16.4 Å². The normalized spacial score (nSPS) is 24.9. The van der Waals surface area contributed by atoms with Crippen LogP contribution < -0.4 is 9.61 Å². The van der Waals surface area contributed by atoms with Crippen LogP contribution in [-0.4, -0.2) is 29.3 Å². The Labute approximate surface area is 138 Å². The SMILES string of the molecule is COC(=O)[C@@H]1Sc2[nH]c(=O)sc2[C@H]2c3ccccc3OC(=O)[C@H]21. The van der Waals surface area contributed by atoms with E-state index in [-0.39, 0.29) is 10.8 Å². The van der Waals surface area contributed by atoms with E-state index in [0.29, 0.717) is 10.8 Å². The lowest BCUT2D eigenvalue weighted by Crippen LogP contribution is -2.44. The average Bonchev–Trinajstić information content (AvgIpc) is 2.93. The quantitative estimate of drug-likeness (QED) is 0.624. The van der Waals surface area contributed by atoms with E-state index >= 15 is 0 Å². The molecule has 6 nitrogen and oxygen atoms in total. The molecular formula is C15H11NO5S2. The summed E-state index contributed by atoms with van der Waals surface area (Å²) in [5.74, 6) is -1.58. The third-order valence-electron chi connectivity index (χ3n) is 4.02.